The van der Waals surface area contributed by atoms with Gasteiger partial charge < -0.3 is 14.8 Å². The van der Waals surface area contributed by atoms with Crippen molar-refractivity contribution in [2.45, 2.75) is 77.9 Å². The quantitative estimate of drug-likeness (QED) is 0.404. The number of carbonyl (C=O) groups is 2. The molecule has 2 heterocycles. The Bertz CT molecular complexity index is 1380. The van der Waals surface area contributed by atoms with Gasteiger partial charge in [0.1, 0.15) is 12.3 Å². The van der Waals surface area contributed by atoms with Gasteiger partial charge in [0.25, 0.3) is 5.56 Å². The predicted molar refractivity (Wildman–Crippen MR) is 146 cm³/mol. The van der Waals surface area contributed by atoms with E-state index < -0.39 is 35.7 Å². The number of aromatic nitrogens is 2. The molecule has 3 unspecified atom stereocenters. The third-order valence-corrected chi connectivity index (χ3v) is 7.00. The van der Waals surface area contributed by atoms with E-state index in [1.54, 1.807) is 6.92 Å². The summed E-state index contributed by atoms with van der Waals surface area (Å²) in [6, 6.07) is 15.6. The lowest BCUT2D eigenvalue weighted by Crippen LogP contribution is -2.33. The van der Waals surface area contributed by atoms with E-state index in [9.17, 15) is 19.2 Å². The minimum atomic E-state index is -0.663. The van der Waals surface area contributed by atoms with E-state index in [1.165, 1.54) is 10.8 Å². The number of esters is 1. The molecule has 0 spiro atoms. The first-order valence-electron chi connectivity index (χ1n) is 13.2. The Morgan fingerprint density at radius 1 is 1.00 bits per heavy atom. The molecule has 1 aliphatic rings. The summed E-state index contributed by atoms with van der Waals surface area (Å²) in [4.78, 5) is 51.9. The van der Waals surface area contributed by atoms with Crippen LogP contribution in [-0.2, 0) is 19.1 Å². The van der Waals surface area contributed by atoms with Crippen molar-refractivity contribution in [3.05, 3.63) is 103 Å². The van der Waals surface area contributed by atoms with Crippen molar-refractivity contribution < 1.29 is 19.1 Å². The molecule has 2 aromatic carbocycles. The van der Waals surface area contributed by atoms with Gasteiger partial charge in [0.05, 0.1) is 18.6 Å². The third-order valence-electron chi connectivity index (χ3n) is 7.00. The van der Waals surface area contributed by atoms with Crippen molar-refractivity contribution >= 4 is 11.9 Å². The number of hydrogen-bond acceptors (Lipinski definition) is 6. The topological polar surface area (TPSA) is 119 Å². The van der Waals surface area contributed by atoms with Crippen molar-refractivity contribution in [3.8, 4) is 0 Å². The van der Waals surface area contributed by atoms with Gasteiger partial charge in [-0.2, -0.15) is 0 Å². The smallest absolute Gasteiger partial charge is 0.330 e. The van der Waals surface area contributed by atoms with Crippen LogP contribution in [0.2, 0.25) is 0 Å². The molecular formula is C30H35N3O6. The van der Waals surface area contributed by atoms with E-state index in [4.69, 9.17) is 9.47 Å². The van der Waals surface area contributed by atoms with Gasteiger partial charge in [0, 0.05) is 24.6 Å². The fourth-order valence-corrected chi connectivity index (χ4v) is 4.71. The Morgan fingerprint density at radius 2 is 1.59 bits per heavy atom. The van der Waals surface area contributed by atoms with E-state index in [0.29, 0.717) is 12.0 Å². The van der Waals surface area contributed by atoms with Crippen LogP contribution in [0, 0.1) is 20.8 Å². The van der Waals surface area contributed by atoms with Crippen LogP contribution < -0.4 is 16.6 Å². The fourth-order valence-electron chi connectivity index (χ4n) is 4.71. The third kappa shape index (κ3) is 6.92. The number of rotatable bonds is 9. The molecule has 2 N–H and O–H groups in total. The van der Waals surface area contributed by atoms with Gasteiger partial charge >= 0.3 is 11.7 Å². The molecule has 1 aromatic heterocycles. The lowest BCUT2D eigenvalue weighted by atomic mass is 9.97. The zero-order valence-electron chi connectivity index (χ0n) is 22.7. The molecule has 1 amide bonds. The lowest BCUT2D eigenvalue weighted by Gasteiger charge is -2.21. The summed E-state index contributed by atoms with van der Waals surface area (Å²) in [5.74, 6) is -0.772. The van der Waals surface area contributed by atoms with E-state index in [2.05, 4.69) is 10.3 Å². The second-order valence-electron chi connectivity index (χ2n) is 10.1. The van der Waals surface area contributed by atoms with Crippen molar-refractivity contribution in [2.75, 3.05) is 0 Å². The molecule has 1 aliphatic heterocycles. The first-order valence-corrected chi connectivity index (χ1v) is 13.2. The molecule has 1 saturated heterocycles. The normalized spacial score (nSPS) is 18.7. The van der Waals surface area contributed by atoms with E-state index in [-0.39, 0.29) is 31.2 Å². The zero-order valence-corrected chi connectivity index (χ0v) is 22.7. The van der Waals surface area contributed by atoms with Crippen LogP contribution in [0.1, 0.15) is 72.7 Å². The van der Waals surface area contributed by atoms with Crippen LogP contribution in [0.4, 0.5) is 0 Å². The second-order valence-corrected chi connectivity index (χ2v) is 10.1. The standard InChI is InChI=1S/C30H35N3O6/c1-5-23-24(16-26(38-23)33-17-20(4)29(36)32-30(33)37)39-27(35)15-14-25(34)31-28(21-10-6-18(2)7-11-21)22-12-8-19(3)9-13-22/h6-13,17,23-24,26,28H,5,14-16H2,1-4H3,(H,31,34)(H,32,36,37). The number of hydrogen-bond donors (Lipinski definition) is 2. The molecule has 4 rings (SSSR count). The number of benzene rings is 2. The van der Waals surface area contributed by atoms with Crippen LogP contribution >= 0.6 is 0 Å². The maximum Gasteiger partial charge on any atom is 0.330 e. The molecular weight excluding hydrogens is 498 g/mol. The van der Waals surface area contributed by atoms with Gasteiger partial charge in [0.15, 0.2) is 0 Å². The maximum atomic E-state index is 12.9. The molecule has 0 bridgehead atoms. The van der Waals surface area contributed by atoms with Gasteiger partial charge in [0.2, 0.25) is 5.91 Å². The summed E-state index contributed by atoms with van der Waals surface area (Å²) >= 11 is 0. The van der Waals surface area contributed by atoms with Gasteiger partial charge in [-0.15, -0.1) is 0 Å². The number of ether oxygens (including phenoxy) is 2. The summed E-state index contributed by atoms with van der Waals surface area (Å²) in [5.41, 5.74) is 3.51. The molecule has 9 heteroatoms. The first kappa shape index (κ1) is 28.0. The van der Waals surface area contributed by atoms with E-state index in [0.717, 1.165) is 22.3 Å². The molecule has 0 radical (unpaired) electrons. The number of carbonyl (C=O) groups excluding carboxylic acids is 2. The molecule has 9 nitrogen and oxygen atoms in total. The fraction of sp³-hybridized carbons (Fsp3) is 0.400. The summed E-state index contributed by atoms with van der Waals surface area (Å²) in [6.07, 6.45) is 0.539. The number of aryl methyl sites for hydroxylation is 3. The highest BCUT2D eigenvalue weighted by Gasteiger charge is 2.38. The van der Waals surface area contributed by atoms with Crippen molar-refractivity contribution in [3.63, 3.8) is 0 Å². The average Bonchev–Trinajstić information content (AvgIpc) is 3.31. The average molecular weight is 534 g/mol. The van der Waals surface area contributed by atoms with Crippen molar-refractivity contribution in [1.29, 1.82) is 0 Å². The first-order chi connectivity index (χ1) is 18.6. The zero-order chi connectivity index (χ0) is 28.1. The van der Waals surface area contributed by atoms with Crippen LogP contribution in [-0.4, -0.2) is 33.6 Å². The molecule has 0 aliphatic carbocycles. The second kappa shape index (κ2) is 12.3. The van der Waals surface area contributed by atoms with Gasteiger partial charge in [-0.25, -0.2) is 4.79 Å². The summed E-state index contributed by atoms with van der Waals surface area (Å²) in [7, 11) is 0. The van der Waals surface area contributed by atoms with Crippen LogP contribution in [0.25, 0.3) is 0 Å². The van der Waals surface area contributed by atoms with E-state index in [1.807, 2.05) is 69.3 Å². The van der Waals surface area contributed by atoms with Crippen LogP contribution in [0.3, 0.4) is 0 Å². The Kier molecular flexibility index (Phi) is 8.81. The highest BCUT2D eigenvalue weighted by molar-refractivity contribution is 5.82. The number of aromatic amines is 1. The van der Waals surface area contributed by atoms with E-state index >= 15 is 0 Å². The highest BCUT2D eigenvalue weighted by Crippen LogP contribution is 2.32. The Morgan fingerprint density at radius 3 is 2.15 bits per heavy atom. The Balaban J connectivity index is 1.37. The molecule has 206 valence electrons. The molecule has 39 heavy (non-hydrogen) atoms. The largest absolute Gasteiger partial charge is 0.459 e. The predicted octanol–water partition coefficient (Wildman–Crippen LogP) is 3.76. The monoisotopic (exact) mass is 533 g/mol. The highest BCUT2D eigenvalue weighted by atomic mass is 16.6. The molecule has 3 aromatic rings. The van der Waals surface area contributed by atoms with Gasteiger partial charge in [-0.1, -0.05) is 66.6 Å². The SMILES string of the molecule is CCC1OC(n2cc(C)c(=O)[nH]c2=O)CC1OC(=O)CCC(=O)NC(c1ccc(C)cc1)c1ccc(C)cc1. The van der Waals surface area contributed by atoms with Gasteiger partial charge in [-0.05, 0) is 38.3 Å². The molecule has 1 fully saturated rings. The minimum Gasteiger partial charge on any atom is -0.459 e. The number of H-pyrrole nitrogens is 1. The number of nitrogens with one attached hydrogen (secondary N) is 2. The van der Waals surface area contributed by atoms with Crippen LogP contribution in [0.5, 0.6) is 0 Å². The summed E-state index contributed by atoms with van der Waals surface area (Å²) in [5, 5.41) is 3.06. The Hall–Kier alpha value is -3.98. The van der Waals surface area contributed by atoms with Crippen LogP contribution in [0.15, 0.2) is 64.3 Å². The minimum absolute atomic E-state index is 0.0283. The van der Waals surface area contributed by atoms with Crippen molar-refractivity contribution in [1.82, 2.24) is 14.9 Å². The lowest BCUT2D eigenvalue weighted by molar-refractivity contribution is -0.153. The molecule has 3 atom stereocenters. The van der Waals surface area contributed by atoms with Crippen molar-refractivity contribution in [2.24, 2.45) is 0 Å². The summed E-state index contributed by atoms with van der Waals surface area (Å²) in [6.45, 7) is 7.52. The summed E-state index contributed by atoms with van der Waals surface area (Å²) < 4.78 is 13.0. The van der Waals surface area contributed by atoms with Gasteiger partial charge in [-0.3, -0.25) is 23.9 Å². The molecule has 0 saturated carbocycles. The maximum absolute atomic E-state index is 12.9. The number of nitrogens with zero attached hydrogens (tertiary/aromatic N) is 1. The Labute approximate surface area is 227 Å². The number of amides is 1.